The summed E-state index contributed by atoms with van der Waals surface area (Å²) in [6.45, 7) is 7.65. The highest BCUT2D eigenvalue weighted by Gasteiger charge is 2.25. The van der Waals surface area contributed by atoms with Crippen molar-refractivity contribution in [2.45, 2.75) is 36.0 Å². The van der Waals surface area contributed by atoms with Crippen LogP contribution in [0.3, 0.4) is 0 Å². The normalized spacial score (nSPS) is 14.2. The Kier molecular flexibility index (Phi) is 4.45. The Balaban J connectivity index is 1.89. The van der Waals surface area contributed by atoms with Gasteiger partial charge < -0.3 is 0 Å². The molecule has 27 heavy (non-hydrogen) atoms. The van der Waals surface area contributed by atoms with Gasteiger partial charge in [-0.15, -0.1) is 44.9 Å². The third kappa shape index (κ3) is 2.63. The highest BCUT2D eigenvalue weighted by molar-refractivity contribution is 7.99. The molecule has 0 atom stereocenters. The standard InChI is InChI=1S/C18H18N6S3/c1-3-9-25-17-21-19-14-13-11-7-5-6-8-12(11)27-15(13)24-16(23(14)17)20-22-18(24)26-10-4-2/h3-4H,1-2,5-10H2. The second-order valence-corrected chi connectivity index (χ2v) is 9.41. The van der Waals surface area contributed by atoms with Crippen LogP contribution in [-0.4, -0.2) is 40.7 Å². The maximum Gasteiger partial charge on any atom is 0.245 e. The van der Waals surface area contributed by atoms with Crippen LogP contribution < -0.4 is 0 Å². The largest absolute Gasteiger partial charge is 0.245 e. The third-order valence-corrected chi connectivity index (χ3v) is 7.82. The Morgan fingerprint density at radius 1 is 0.926 bits per heavy atom. The van der Waals surface area contributed by atoms with Crippen LogP contribution in [-0.2, 0) is 12.8 Å². The Bertz CT molecular complexity index is 1180. The van der Waals surface area contributed by atoms with Crippen molar-refractivity contribution >= 4 is 56.5 Å². The van der Waals surface area contributed by atoms with Crippen molar-refractivity contribution in [2.24, 2.45) is 0 Å². The minimum atomic E-state index is 0.777. The molecule has 4 heterocycles. The van der Waals surface area contributed by atoms with E-state index in [0.717, 1.165) is 46.1 Å². The molecular formula is C18H18N6S3. The second kappa shape index (κ2) is 6.96. The predicted molar refractivity (Wildman–Crippen MR) is 113 cm³/mol. The molecule has 138 valence electrons. The number of thioether (sulfide) groups is 2. The van der Waals surface area contributed by atoms with Gasteiger partial charge in [0.05, 0.1) is 5.39 Å². The highest BCUT2D eigenvalue weighted by Crippen LogP contribution is 2.40. The van der Waals surface area contributed by atoms with Gasteiger partial charge in [0.2, 0.25) is 5.78 Å². The summed E-state index contributed by atoms with van der Waals surface area (Å²) >= 11 is 5.13. The first-order valence-electron chi connectivity index (χ1n) is 8.87. The number of aromatic nitrogens is 6. The van der Waals surface area contributed by atoms with Gasteiger partial charge in [-0.25, -0.2) is 8.80 Å². The fourth-order valence-electron chi connectivity index (χ4n) is 3.59. The SMILES string of the molecule is C=CCSc1nnc2c3c4c(sc3n3c(SCC=C)nnc3n12)CCCC4. The van der Waals surface area contributed by atoms with Gasteiger partial charge in [0.25, 0.3) is 0 Å². The Hall–Kier alpha value is -1.84. The maximum absolute atomic E-state index is 4.56. The van der Waals surface area contributed by atoms with Crippen molar-refractivity contribution in [1.82, 2.24) is 29.2 Å². The van der Waals surface area contributed by atoms with Crippen molar-refractivity contribution in [2.75, 3.05) is 11.5 Å². The molecule has 0 saturated heterocycles. The van der Waals surface area contributed by atoms with Crippen molar-refractivity contribution in [3.63, 3.8) is 0 Å². The van der Waals surface area contributed by atoms with E-state index in [1.165, 1.54) is 33.5 Å². The van der Waals surface area contributed by atoms with Gasteiger partial charge in [-0.2, -0.15) is 0 Å². The van der Waals surface area contributed by atoms with Crippen molar-refractivity contribution in [3.8, 4) is 0 Å². The first-order valence-corrected chi connectivity index (χ1v) is 11.7. The summed E-state index contributed by atoms with van der Waals surface area (Å²) in [6, 6.07) is 0. The molecule has 0 saturated carbocycles. The summed E-state index contributed by atoms with van der Waals surface area (Å²) in [7, 11) is 0. The van der Waals surface area contributed by atoms with Gasteiger partial charge in [-0.05, 0) is 31.2 Å². The highest BCUT2D eigenvalue weighted by atomic mass is 32.2. The van der Waals surface area contributed by atoms with Gasteiger partial charge in [0.1, 0.15) is 4.83 Å². The second-order valence-electron chi connectivity index (χ2n) is 6.35. The van der Waals surface area contributed by atoms with E-state index in [1.807, 2.05) is 23.5 Å². The molecule has 0 unspecified atom stereocenters. The van der Waals surface area contributed by atoms with Crippen LogP contribution in [0.5, 0.6) is 0 Å². The lowest BCUT2D eigenvalue weighted by atomic mass is 9.97. The molecule has 0 bridgehead atoms. The zero-order chi connectivity index (χ0) is 18.4. The molecule has 4 aromatic rings. The van der Waals surface area contributed by atoms with Crippen LogP contribution in [0.4, 0.5) is 0 Å². The van der Waals surface area contributed by atoms with E-state index in [2.05, 4.69) is 42.4 Å². The van der Waals surface area contributed by atoms with Gasteiger partial charge in [-0.3, -0.25) is 0 Å². The van der Waals surface area contributed by atoms with E-state index in [1.54, 1.807) is 23.5 Å². The molecule has 0 N–H and O–H groups in total. The van der Waals surface area contributed by atoms with Gasteiger partial charge in [-0.1, -0.05) is 35.7 Å². The maximum atomic E-state index is 4.56. The summed E-state index contributed by atoms with van der Waals surface area (Å²) in [6.07, 6.45) is 8.51. The molecule has 0 spiro atoms. The van der Waals surface area contributed by atoms with E-state index in [0.29, 0.717) is 0 Å². The van der Waals surface area contributed by atoms with E-state index in [4.69, 9.17) is 0 Å². The summed E-state index contributed by atoms with van der Waals surface area (Å²) in [4.78, 5) is 2.66. The lowest BCUT2D eigenvalue weighted by Gasteiger charge is -2.10. The molecule has 5 rings (SSSR count). The van der Waals surface area contributed by atoms with Crippen molar-refractivity contribution in [1.29, 1.82) is 0 Å². The van der Waals surface area contributed by atoms with Gasteiger partial charge >= 0.3 is 0 Å². The van der Waals surface area contributed by atoms with Crippen LogP contribution in [0.25, 0.3) is 21.6 Å². The number of hydrogen-bond donors (Lipinski definition) is 0. The quantitative estimate of drug-likeness (QED) is 0.344. The lowest BCUT2D eigenvalue weighted by molar-refractivity contribution is 0.700. The molecule has 4 aromatic heterocycles. The molecule has 9 heteroatoms. The van der Waals surface area contributed by atoms with Crippen LogP contribution in [0, 0.1) is 0 Å². The first-order chi connectivity index (χ1) is 13.3. The predicted octanol–water partition coefficient (Wildman–Crippen LogP) is 4.42. The zero-order valence-electron chi connectivity index (χ0n) is 14.7. The topological polar surface area (TPSA) is 60.4 Å². The molecule has 6 nitrogen and oxygen atoms in total. The fraction of sp³-hybridized carbons (Fsp3) is 0.333. The summed E-state index contributed by atoms with van der Waals surface area (Å²) in [5.41, 5.74) is 2.34. The van der Waals surface area contributed by atoms with E-state index in [-0.39, 0.29) is 0 Å². The molecule has 1 aliphatic rings. The molecule has 1 aliphatic carbocycles. The molecule has 0 fully saturated rings. The zero-order valence-corrected chi connectivity index (χ0v) is 17.2. The van der Waals surface area contributed by atoms with Crippen molar-refractivity contribution in [3.05, 3.63) is 35.8 Å². The number of hydrogen-bond acceptors (Lipinski definition) is 7. The van der Waals surface area contributed by atoms with E-state index in [9.17, 15) is 0 Å². The first kappa shape index (κ1) is 17.3. The van der Waals surface area contributed by atoms with Crippen molar-refractivity contribution < 1.29 is 0 Å². The average Bonchev–Trinajstić information content (AvgIpc) is 3.38. The van der Waals surface area contributed by atoms with E-state index < -0.39 is 0 Å². The Labute approximate surface area is 168 Å². The smallest absolute Gasteiger partial charge is 0.245 e. The summed E-state index contributed by atoms with van der Waals surface area (Å²) in [5, 5.41) is 20.9. The summed E-state index contributed by atoms with van der Waals surface area (Å²) < 4.78 is 4.24. The Morgan fingerprint density at radius 2 is 1.63 bits per heavy atom. The lowest BCUT2D eigenvalue weighted by Crippen LogP contribution is -2.01. The number of rotatable bonds is 6. The molecular weight excluding hydrogens is 396 g/mol. The van der Waals surface area contributed by atoms with Gasteiger partial charge in [0.15, 0.2) is 16.0 Å². The number of fused-ring (bicyclic) bond motifs is 8. The van der Waals surface area contributed by atoms with Crippen LogP contribution in [0.15, 0.2) is 35.6 Å². The van der Waals surface area contributed by atoms with Crippen LogP contribution in [0.1, 0.15) is 23.3 Å². The van der Waals surface area contributed by atoms with Crippen LogP contribution >= 0.6 is 34.9 Å². The number of thiophene rings is 1. The summed E-state index contributed by atoms with van der Waals surface area (Å²) in [5.74, 6) is 2.35. The number of nitrogens with zero attached hydrogens (tertiary/aromatic N) is 6. The molecule has 0 radical (unpaired) electrons. The van der Waals surface area contributed by atoms with Gasteiger partial charge in [0, 0.05) is 16.4 Å². The fourth-order valence-corrected chi connectivity index (χ4v) is 6.36. The molecule has 0 amide bonds. The number of aryl methyl sites for hydroxylation is 2. The Morgan fingerprint density at radius 3 is 2.41 bits per heavy atom. The molecule has 0 aromatic carbocycles. The van der Waals surface area contributed by atoms with Crippen LogP contribution in [0.2, 0.25) is 0 Å². The van der Waals surface area contributed by atoms with E-state index >= 15 is 0 Å². The minimum Gasteiger partial charge on any atom is -0.245 e. The third-order valence-electron chi connectivity index (χ3n) is 4.69. The minimum absolute atomic E-state index is 0.777. The molecule has 0 aliphatic heterocycles. The monoisotopic (exact) mass is 414 g/mol. The average molecular weight is 415 g/mol.